The molecule has 0 saturated heterocycles. The summed E-state index contributed by atoms with van der Waals surface area (Å²) in [6.45, 7) is 9.24. The molecule has 0 aliphatic heterocycles. The Balaban J connectivity index is 3.63. The van der Waals surface area contributed by atoms with Crippen molar-refractivity contribution in [1.29, 1.82) is 0 Å². The molecule has 0 aromatic heterocycles. The van der Waals surface area contributed by atoms with Gasteiger partial charge in [0, 0.05) is 13.2 Å². The van der Waals surface area contributed by atoms with Crippen LogP contribution in [0.5, 0.6) is 0 Å². The number of hydrogen-bond donors (Lipinski definition) is 0. The van der Waals surface area contributed by atoms with Gasteiger partial charge in [-0.3, -0.25) is 0 Å². The highest BCUT2D eigenvalue weighted by Gasteiger charge is 2.14. The monoisotopic (exact) mass is 234 g/mol. The van der Waals surface area contributed by atoms with Gasteiger partial charge in [0.1, 0.15) is 12.2 Å². The van der Waals surface area contributed by atoms with Crippen LogP contribution in [0.1, 0.15) is 27.7 Å². The van der Waals surface area contributed by atoms with Crippen molar-refractivity contribution in [2.24, 2.45) is 0 Å². The van der Waals surface area contributed by atoms with Crippen LogP contribution in [-0.2, 0) is 18.9 Å². The van der Waals surface area contributed by atoms with Crippen molar-refractivity contribution in [1.82, 2.24) is 0 Å². The maximum absolute atomic E-state index is 11.2. The second kappa shape index (κ2) is 9.42. The van der Waals surface area contributed by atoms with E-state index in [4.69, 9.17) is 18.9 Å². The van der Waals surface area contributed by atoms with Gasteiger partial charge in [-0.1, -0.05) is 0 Å². The molecule has 0 bridgehead atoms. The maximum atomic E-state index is 11.2. The summed E-state index contributed by atoms with van der Waals surface area (Å²) in [5.41, 5.74) is 0. The van der Waals surface area contributed by atoms with Crippen LogP contribution in [0, 0.1) is 0 Å². The molecule has 0 radical (unpaired) electrons. The van der Waals surface area contributed by atoms with Crippen LogP contribution in [0.15, 0.2) is 0 Å². The Bertz CT molecular complexity index is 165. The normalized spacial score (nSPS) is 14.2. The molecule has 0 amide bonds. The summed E-state index contributed by atoms with van der Waals surface area (Å²) < 4.78 is 20.1. The van der Waals surface area contributed by atoms with Crippen LogP contribution in [0.3, 0.4) is 0 Å². The van der Waals surface area contributed by atoms with Gasteiger partial charge < -0.3 is 18.9 Å². The van der Waals surface area contributed by atoms with Gasteiger partial charge >= 0.3 is 6.16 Å². The third-order valence-corrected chi connectivity index (χ3v) is 1.71. The van der Waals surface area contributed by atoms with Crippen LogP contribution < -0.4 is 0 Å². The highest BCUT2D eigenvalue weighted by atomic mass is 16.7. The van der Waals surface area contributed by atoms with E-state index in [1.54, 1.807) is 13.8 Å². The molecule has 0 spiro atoms. The van der Waals surface area contributed by atoms with Crippen molar-refractivity contribution in [3.05, 3.63) is 0 Å². The third kappa shape index (κ3) is 8.49. The zero-order chi connectivity index (χ0) is 12.4. The molecule has 0 rings (SSSR count). The lowest BCUT2D eigenvalue weighted by Gasteiger charge is -2.16. The molecular formula is C11H22O5. The standard InChI is InChI=1S/C11H22O5/c1-5-13-7-9(3)15-11(12)16-10(4)8-14-6-2/h9-10H,5-8H2,1-4H3. The molecule has 0 heterocycles. The van der Waals surface area contributed by atoms with Gasteiger partial charge in [-0.05, 0) is 27.7 Å². The summed E-state index contributed by atoms with van der Waals surface area (Å²) in [6.07, 6.45) is -1.28. The molecule has 5 heteroatoms. The second-order valence-electron chi connectivity index (χ2n) is 3.43. The number of ether oxygens (including phenoxy) is 4. The lowest BCUT2D eigenvalue weighted by atomic mass is 10.4. The van der Waals surface area contributed by atoms with Gasteiger partial charge in [0.15, 0.2) is 0 Å². The molecule has 5 nitrogen and oxygen atoms in total. The van der Waals surface area contributed by atoms with Gasteiger partial charge in [-0.15, -0.1) is 0 Å². The molecule has 2 atom stereocenters. The van der Waals surface area contributed by atoms with Gasteiger partial charge in [0.25, 0.3) is 0 Å². The Morgan fingerprint density at radius 2 is 1.31 bits per heavy atom. The van der Waals surface area contributed by atoms with E-state index in [2.05, 4.69) is 0 Å². The molecule has 96 valence electrons. The van der Waals surface area contributed by atoms with Crippen LogP contribution in [0.2, 0.25) is 0 Å². The molecule has 0 saturated carbocycles. The average Bonchev–Trinajstić information content (AvgIpc) is 2.23. The summed E-state index contributed by atoms with van der Waals surface area (Å²) in [6, 6.07) is 0. The predicted octanol–water partition coefficient (Wildman–Crippen LogP) is 1.99. The van der Waals surface area contributed by atoms with Crippen molar-refractivity contribution < 1.29 is 23.7 Å². The SMILES string of the molecule is CCOCC(C)OC(=O)OC(C)COCC. The van der Waals surface area contributed by atoms with Crippen LogP contribution in [0.4, 0.5) is 4.79 Å². The minimum atomic E-state index is -0.681. The summed E-state index contributed by atoms with van der Waals surface area (Å²) >= 11 is 0. The number of hydrogen-bond acceptors (Lipinski definition) is 5. The average molecular weight is 234 g/mol. The van der Waals surface area contributed by atoms with Gasteiger partial charge in [0.05, 0.1) is 13.2 Å². The molecular weight excluding hydrogens is 212 g/mol. The minimum Gasteiger partial charge on any atom is -0.429 e. The third-order valence-electron chi connectivity index (χ3n) is 1.71. The molecule has 0 aliphatic rings. The van der Waals surface area contributed by atoms with Crippen molar-refractivity contribution >= 4 is 6.16 Å². The van der Waals surface area contributed by atoms with Gasteiger partial charge in [-0.2, -0.15) is 0 Å². The topological polar surface area (TPSA) is 54.0 Å². The van der Waals surface area contributed by atoms with Crippen molar-refractivity contribution in [3.63, 3.8) is 0 Å². The zero-order valence-corrected chi connectivity index (χ0v) is 10.5. The van der Waals surface area contributed by atoms with E-state index in [0.717, 1.165) is 0 Å². The number of carbonyl (C=O) groups is 1. The lowest BCUT2D eigenvalue weighted by Crippen LogP contribution is -2.26. The molecule has 0 aromatic carbocycles. The summed E-state index contributed by atoms with van der Waals surface area (Å²) in [4.78, 5) is 11.2. The fourth-order valence-corrected chi connectivity index (χ4v) is 0.992. The van der Waals surface area contributed by atoms with Crippen molar-refractivity contribution in [2.75, 3.05) is 26.4 Å². The zero-order valence-electron chi connectivity index (χ0n) is 10.5. The summed E-state index contributed by atoms with van der Waals surface area (Å²) in [5, 5.41) is 0. The van der Waals surface area contributed by atoms with Crippen LogP contribution >= 0.6 is 0 Å². The highest BCUT2D eigenvalue weighted by molar-refractivity contribution is 5.60. The van der Waals surface area contributed by atoms with E-state index in [9.17, 15) is 4.79 Å². The Morgan fingerprint density at radius 3 is 1.62 bits per heavy atom. The van der Waals surface area contributed by atoms with Crippen molar-refractivity contribution in [3.8, 4) is 0 Å². The fraction of sp³-hybridized carbons (Fsp3) is 0.909. The van der Waals surface area contributed by atoms with E-state index in [0.29, 0.717) is 26.4 Å². The molecule has 0 N–H and O–H groups in total. The van der Waals surface area contributed by atoms with Crippen LogP contribution in [-0.4, -0.2) is 44.8 Å². The van der Waals surface area contributed by atoms with Gasteiger partial charge in [0.2, 0.25) is 0 Å². The van der Waals surface area contributed by atoms with E-state index >= 15 is 0 Å². The molecule has 0 fully saturated rings. The van der Waals surface area contributed by atoms with E-state index in [1.807, 2.05) is 13.8 Å². The van der Waals surface area contributed by atoms with E-state index in [1.165, 1.54) is 0 Å². The Morgan fingerprint density at radius 1 is 0.938 bits per heavy atom. The van der Waals surface area contributed by atoms with Gasteiger partial charge in [-0.25, -0.2) is 4.79 Å². The quantitative estimate of drug-likeness (QED) is 0.601. The fourth-order valence-electron chi connectivity index (χ4n) is 0.992. The number of rotatable bonds is 8. The molecule has 2 unspecified atom stereocenters. The highest BCUT2D eigenvalue weighted by Crippen LogP contribution is 2.00. The predicted molar refractivity (Wildman–Crippen MR) is 59.5 cm³/mol. The Kier molecular flexibility index (Phi) is 8.94. The Hall–Kier alpha value is -0.810. The first kappa shape index (κ1) is 15.2. The summed E-state index contributed by atoms with van der Waals surface area (Å²) in [7, 11) is 0. The minimum absolute atomic E-state index is 0.299. The first-order chi connectivity index (χ1) is 7.60. The molecule has 0 aliphatic carbocycles. The molecule has 16 heavy (non-hydrogen) atoms. The Labute approximate surface area is 97.0 Å². The first-order valence-corrected chi connectivity index (χ1v) is 5.62. The summed E-state index contributed by atoms with van der Waals surface area (Å²) in [5.74, 6) is 0. The van der Waals surface area contributed by atoms with Crippen molar-refractivity contribution in [2.45, 2.75) is 39.9 Å². The first-order valence-electron chi connectivity index (χ1n) is 5.62. The second-order valence-corrected chi connectivity index (χ2v) is 3.43. The van der Waals surface area contributed by atoms with E-state index < -0.39 is 6.16 Å². The lowest BCUT2D eigenvalue weighted by molar-refractivity contribution is -0.0369. The number of carbonyl (C=O) groups excluding carboxylic acids is 1. The smallest absolute Gasteiger partial charge is 0.429 e. The van der Waals surface area contributed by atoms with E-state index in [-0.39, 0.29) is 12.2 Å². The van der Waals surface area contributed by atoms with Crippen LogP contribution in [0.25, 0.3) is 0 Å². The molecule has 0 aromatic rings. The maximum Gasteiger partial charge on any atom is 0.508 e. The largest absolute Gasteiger partial charge is 0.508 e.